The molecule has 0 fully saturated rings. The van der Waals surface area contributed by atoms with Gasteiger partial charge in [-0.3, -0.25) is 10.1 Å². The highest BCUT2D eigenvalue weighted by atomic mass is 19.1. The molecular weight excluding hydrogens is 251 g/mol. The lowest BCUT2D eigenvalue weighted by atomic mass is 9.84. The van der Waals surface area contributed by atoms with E-state index in [1.165, 1.54) is 12.1 Å². The maximum Gasteiger partial charge on any atom is 0.295 e. The number of nitro groups is 1. The van der Waals surface area contributed by atoms with Gasteiger partial charge in [-0.2, -0.15) is 0 Å². The van der Waals surface area contributed by atoms with Crippen molar-refractivity contribution in [3.63, 3.8) is 0 Å². The number of halogens is 1. The zero-order valence-corrected chi connectivity index (χ0v) is 11.3. The smallest absolute Gasteiger partial charge is 0.295 e. The second kappa shape index (κ2) is 5.97. The lowest BCUT2D eigenvalue weighted by Crippen LogP contribution is -2.35. The van der Waals surface area contributed by atoms with E-state index in [-0.39, 0.29) is 29.4 Å². The SMILES string of the molecule is CC(C)(C)C(CCO)Nc1ccc(F)cc1[N+](=O)[O-]. The Morgan fingerprint density at radius 2 is 2.11 bits per heavy atom. The molecule has 0 heterocycles. The molecule has 0 aromatic heterocycles. The van der Waals surface area contributed by atoms with Crippen LogP contribution in [0.2, 0.25) is 0 Å². The van der Waals surface area contributed by atoms with E-state index in [0.29, 0.717) is 6.42 Å². The van der Waals surface area contributed by atoms with Crippen LogP contribution in [0.5, 0.6) is 0 Å². The minimum atomic E-state index is -0.647. The number of aliphatic hydroxyl groups is 1. The topological polar surface area (TPSA) is 75.4 Å². The van der Waals surface area contributed by atoms with Gasteiger partial charge >= 0.3 is 0 Å². The Morgan fingerprint density at radius 3 is 2.58 bits per heavy atom. The first-order valence-corrected chi connectivity index (χ1v) is 6.07. The monoisotopic (exact) mass is 270 g/mol. The fourth-order valence-corrected chi connectivity index (χ4v) is 1.82. The largest absolute Gasteiger partial charge is 0.396 e. The first kappa shape index (κ1) is 15.4. The Balaban J connectivity index is 3.06. The minimum absolute atomic E-state index is 0.0239. The Hall–Kier alpha value is -1.69. The van der Waals surface area contributed by atoms with Gasteiger partial charge in [-0.15, -0.1) is 0 Å². The van der Waals surface area contributed by atoms with Crippen LogP contribution in [0.1, 0.15) is 27.2 Å². The van der Waals surface area contributed by atoms with Crippen molar-refractivity contribution in [1.82, 2.24) is 0 Å². The second-order valence-electron chi connectivity index (χ2n) is 5.49. The first-order valence-electron chi connectivity index (χ1n) is 6.07. The predicted molar refractivity (Wildman–Crippen MR) is 71.6 cm³/mol. The summed E-state index contributed by atoms with van der Waals surface area (Å²) in [6.07, 6.45) is 0.456. The zero-order valence-electron chi connectivity index (χ0n) is 11.3. The van der Waals surface area contributed by atoms with E-state index in [2.05, 4.69) is 5.32 Å². The summed E-state index contributed by atoms with van der Waals surface area (Å²) < 4.78 is 13.1. The molecule has 19 heavy (non-hydrogen) atoms. The first-order chi connectivity index (χ1) is 8.75. The molecular formula is C13H19FN2O3. The molecule has 6 heteroatoms. The van der Waals surface area contributed by atoms with Crippen LogP contribution >= 0.6 is 0 Å². The summed E-state index contributed by atoms with van der Waals surface area (Å²) >= 11 is 0. The Morgan fingerprint density at radius 1 is 1.47 bits per heavy atom. The quantitative estimate of drug-likeness (QED) is 0.637. The highest BCUT2D eigenvalue weighted by Crippen LogP contribution is 2.30. The second-order valence-corrected chi connectivity index (χ2v) is 5.49. The summed E-state index contributed by atoms with van der Waals surface area (Å²) in [5.41, 5.74) is -0.225. The number of aliphatic hydroxyl groups excluding tert-OH is 1. The summed E-state index contributed by atoms with van der Waals surface area (Å²) in [6, 6.07) is 3.26. The molecule has 0 bridgehead atoms. The van der Waals surface area contributed by atoms with Crippen molar-refractivity contribution in [3.05, 3.63) is 34.1 Å². The molecule has 1 unspecified atom stereocenters. The maximum atomic E-state index is 13.1. The minimum Gasteiger partial charge on any atom is -0.396 e. The van der Waals surface area contributed by atoms with Gasteiger partial charge in [0.2, 0.25) is 0 Å². The number of benzene rings is 1. The normalized spacial score (nSPS) is 13.1. The van der Waals surface area contributed by atoms with E-state index in [9.17, 15) is 14.5 Å². The number of nitro benzene ring substituents is 1. The molecule has 0 aliphatic heterocycles. The summed E-state index contributed by atoms with van der Waals surface area (Å²) in [6.45, 7) is 5.88. The molecule has 1 atom stereocenters. The van der Waals surface area contributed by atoms with Crippen LogP contribution in [-0.2, 0) is 0 Å². The summed E-state index contributed by atoms with van der Waals surface area (Å²) in [5, 5.41) is 23.0. The molecule has 0 aliphatic carbocycles. The third-order valence-corrected chi connectivity index (χ3v) is 2.95. The molecule has 0 aliphatic rings. The highest BCUT2D eigenvalue weighted by Gasteiger charge is 2.26. The summed E-state index contributed by atoms with van der Waals surface area (Å²) in [5.74, 6) is -0.647. The van der Waals surface area contributed by atoms with Gasteiger partial charge in [0.25, 0.3) is 5.69 Å². The lowest BCUT2D eigenvalue weighted by molar-refractivity contribution is -0.384. The third-order valence-electron chi connectivity index (χ3n) is 2.95. The molecule has 2 N–H and O–H groups in total. The van der Waals surface area contributed by atoms with Crippen molar-refractivity contribution in [2.24, 2.45) is 5.41 Å². The van der Waals surface area contributed by atoms with Gasteiger partial charge in [-0.05, 0) is 24.0 Å². The van der Waals surface area contributed by atoms with Gasteiger partial charge in [0, 0.05) is 12.6 Å². The zero-order chi connectivity index (χ0) is 14.6. The molecule has 1 aromatic carbocycles. The van der Waals surface area contributed by atoms with Crippen LogP contribution in [0, 0.1) is 21.3 Å². The van der Waals surface area contributed by atoms with Crippen LogP contribution in [0.15, 0.2) is 18.2 Å². The molecule has 1 aromatic rings. The van der Waals surface area contributed by atoms with E-state index in [1.54, 1.807) is 0 Å². The number of hydrogen-bond acceptors (Lipinski definition) is 4. The molecule has 0 saturated carbocycles. The van der Waals surface area contributed by atoms with Crippen molar-refractivity contribution in [2.75, 3.05) is 11.9 Å². The average Bonchev–Trinajstić information content (AvgIpc) is 2.29. The molecule has 0 amide bonds. The fourth-order valence-electron chi connectivity index (χ4n) is 1.82. The summed E-state index contributed by atoms with van der Waals surface area (Å²) in [4.78, 5) is 10.3. The molecule has 0 radical (unpaired) electrons. The van der Waals surface area contributed by atoms with Crippen molar-refractivity contribution in [1.29, 1.82) is 0 Å². The number of nitrogens with one attached hydrogen (secondary N) is 1. The van der Waals surface area contributed by atoms with E-state index in [4.69, 9.17) is 5.11 Å². The van der Waals surface area contributed by atoms with Crippen LogP contribution in [0.4, 0.5) is 15.8 Å². The Kier molecular flexibility index (Phi) is 4.83. The van der Waals surface area contributed by atoms with Gasteiger partial charge < -0.3 is 10.4 Å². The maximum absolute atomic E-state index is 13.1. The van der Waals surface area contributed by atoms with Gasteiger partial charge in [-0.1, -0.05) is 20.8 Å². The van der Waals surface area contributed by atoms with Crippen molar-refractivity contribution < 1.29 is 14.4 Å². The lowest BCUT2D eigenvalue weighted by Gasteiger charge is -2.31. The molecule has 5 nitrogen and oxygen atoms in total. The van der Waals surface area contributed by atoms with Crippen molar-refractivity contribution in [3.8, 4) is 0 Å². The molecule has 0 spiro atoms. The van der Waals surface area contributed by atoms with Crippen LogP contribution in [0.3, 0.4) is 0 Å². The van der Waals surface area contributed by atoms with Gasteiger partial charge in [0.1, 0.15) is 11.5 Å². The van der Waals surface area contributed by atoms with Crippen LogP contribution in [0.25, 0.3) is 0 Å². The fraction of sp³-hybridized carbons (Fsp3) is 0.538. The standard InChI is InChI=1S/C13H19FN2O3/c1-13(2,3)12(6-7-17)15-10-5-4-9(14)8-11(10)16(18)19/h4-5,8,12,15,17H,6-7H2,1-3H3. The van der Waals surface area contributed by atoms with Crippen molar-refractivity contribution >= 4 is 11.4 Å². The third kappa shape index (κ3) is 4.17. The van der Waals surface area contributed by atoms with E-state index < -0.39 is 10.7 Å². The number of rotatable bonds is 5. The van der Waals surface area contributed by atoms with Gasteiger partial charge in [-0.25, -0.2) is 4.39 Å². The Labute approximate surface area is 111 Å². The van der Waals surface area contributed by atoms with E-state index >= 15 is 0 Å². The van der Waals surface area contributed by atoms with Gasteiger partial charge in [0.05, 0.1) is 11.0 Å². The number of anilines is 1. The van der Waals surface area contributed by atoms with Gasteiger partial charge in [0.15, 0.2) is 0 Å². The predicted octanol–water partition coefficient (Wildman–Crippen LogP) is 2.94. The molecule has 106 valence electrons. The van der Waals surface area contributed by atoms with E-state index in [0.717, 1.165) is 6.07 Å². The molecule has 1 rings (SSSR count). The summed E-state index contributed by atoms with van der Waals surface area (Å²) in [7, 11) is 0. The highest BCUT2D eigenvalue weighted by molar-refractivity contribution is 5.62. The van der Waals surface area contributed by atoms with Crippen molar-refractivity contribution in [2.45, 2.75) is 33.2 Å². The number of hydrogen-bond donors (Lipinski definition) is 2. The van der Waals surface area contributed by atoms with Crippen LogP contribution < -0.4 is 5.32 Å². The average molecular weight is 270 g/mol. The van der Waals surface area contributed by atoms with E-state index in [1.807, 2.05) is 20.8 Å². The Bertz CT molecular complexity index is 458. The molecule has 0 saturated heterocycles. The number of nitrogens with zero attached hydrogens (tertiary/aromatic N) is 1. The van der Waals surface area contributed by atoms with Crippen LogP contribution in [-0.4, -0.2) is 22.7 Å².